The molecule has 0 amide bonds. The van der Waals surface area contributed by atoms with Crippen LogP contribution in [-0.4, -0.2) is 47.1 Å². The Morgan fingerprint density at radius 2 is 2.40 bits per heavy atom. The Bertz CT molecular complexity index is 561. The van der Waals surface area contributed by atoms with Crippen molar-refractivity contribution in [2.24, 2.45) is 0 Å². The standard InChI is InChI=1S/C14H22N4OS/c1-3-17(11-4-5-11)7-6-15-10-12-13(19-2)16-14-18(12)8-9-20-14/h8-9,11,15H,3-7,10H2,1-2H3. The summed E-state index contributed by atoms with van der Waals surface area (Å²) in [6.45, 7) is 6.31. The molecule has 3 rings (SSSR count). The number of rotatable bonds is 8. The van der Waals surface area contributed by atoms with Crippen molar-refractivity contribution in [3.8, 4) is 5.88 Å². The number of likely N-dealkylation sites (N-methyl/N-ethyl adjacent to an activating group) is 1. The van der Waals surface area contributed by atoms with Crippen molar-refractivity contribution in [1.82, 2.24) is 19.6 Å². The maximum atomic E-state index is 5.36. The number of nitrogens with one attached hydrogen (secondary N) is 1. The van der Waals surface area contributed by atoms with Crippen LogP contribution in [0, 0.1) is 0 Å². The number of methoxy groups -OCH3 is 1. The Morgan fingerprint density at radius 3 is 3.10 bits per heavy atom. The van der Waals surface area contributed by atoms with Gasteiger partial charge in [-0.3, -0.25) is 9.30 Å². The number of hydrogen-bond acceptors (Lipinski definition) is 5. The lowest BCUT2D eigenvalue weighted by Gasteiger charge is -2.19. The monoisotopic (exact) mass is 294 g/mol. The summed E-state index contributed by atoms with van der Waals surface area (Å²) in [7, 11) is 1.68. The van der Waals surface area contributed by atoms with E-state index in [-0.39, 0.29) is 0 Å². The number of hydrogen-bond donors (Lipinski definition) is 1. The summed E-state index contributed by atoms with van der Waals surface area (Å²) in [5.41, 5.74) is 1.11. The van der Waals surface area contributed by atoms with Crippen molar-refractivity contribution in [3.63, 3.8) is 0 Å². The van der Waals surface area contributed by atoms with Gasteiger partial charge in [-0.25, -0.2) is 0 Å². The third kappa shape index (κ3) is 2.82. The fourth-order valence-electron chi connectivity index (χ4n) is 2.61. The largest absolute Gasteiger partial charge is 0.480 e. The first kappa shape index (κ1) is 13.9. The van der Waals surface area contributed by atoms with Gasteiger partial charge in [0.15, 0.2) is 4.96 Å². The molecule has 0 aromatic carbocycles. The van der Waals surface area contributed by atoms with Crippen LogP contribution in [0.3, 0.4) is 0 Å². The van der Waals surface area contributed by atoms with E-state index in [4.69, 9.17) is 4.74 Å². The van der Waals surface area contributed by atoms with Crippen LogP contribution in [0.15, 0.2) is 11.6 Å². The SMILES string of the molecule is CCN(CCNCc1c(OC)nc2sccn12)C1CC1. The minimum absolute atomic E-state index is 0.735. The minimum Gasteiger partial charge on any atom is -0.480 e. The van der Waals surface area contributed by atoms with E-state index in [2.05, 4.69) is 38.1 Å². The number of nitrogens with zero attached hydrogens (tertiary/aromatic N) is 3. The molecule has 1 aliphatic rings. The molecule has 20 heavy (non-hydrogen) atoms. The fourth-order valence-corrected chi connectivity index (χ4v) is 3.33. The Morgan fingerprint density at radius 1 is 1.55 bits per heavy atom. The van der Waals surface area contributed by atoms with Gasteiger partial charge in [0.2, 0.25) is 5.88 Å². The van der Waals surface area contributed by atoms with Gasteiger partial charge in [-0.05, 0) is 19.4 Å². The summed E-state index contributed by atoms with van der Waals surface area (Å²) in [4.78, 5) is 8.02. The molecule has 2 aromatic rings. The molecule has 1 saturated carbocycles. The van der Waals surface area contributed by atoms with Crippen LogP contribution < -0.4 is 10.1 Å². The molecule has 0 aliphatic heterocycles. The van der Waals surface area contributed by atoms with Gasteiger partial charge in [0, 0.05) is 37.3 Å². The van der Waals surface area contributed by atoms with E-state index in [1.54, 1.807) is 18.4 Å². The first-order valence-corrected chi connectivity index (χ1v) is 8.14. The molecule has 0 unspecified atom stereocenters. The van der Waals surface area contributed by atoms with Crippen molar-refractivity contribution in [1.29, 1.82) is 0 Å². The molecule has 0 bridgehead atoms. The van der Waals surface area contributed by atoms with Crippen LogP contribution in [0.1, 0.15) is 25.5 Å². The van der Waals surface area contributed by atoms with Crippen LogP contribution in [0.25, 0.3) is 4.96 Å². The van der Waals surface area contributed by atoms with Gasteiger partial charge < -0.3 is 10.1 Å². The minimum atomic E-state index is 0.735. The molecule has 2 heterocycles. The molecule has 0 saturated heterocycles. The van der Waals surface area contributed by atoms with Gasteiger partial charge in [-0.15, -0.1) is 11.3 Å². The second-order valence-electron chi connectivity index (χ2n) is 5.16. The second-order valence-corrected chi connectivity index (χ2v) is 6.03. The van der Waals surface area contributed by atoms with Crippen molar-refractivity contribution in [2.75, 3.05) is 26.7 Å². The molecule has 6 heteroatoms. The van der Waals surface area contributed by atoms with Crippen molar-refractivity contribution in [2.45, 2.75) is 32.4 Å². The molecule has 0 atom stereocenters. The van der Waals surface area contributed by atoms with Crippen LogP contribution in [0.2, 0.25) is 0 Å². The van der Waals surface area contributed by atoms with E-state index in [0.29, 0.717) is 0 Å². The summed E-state index contributed by atoms with van der Waals surface area (Å²) in [5, 5.41) is 5.57. The maximum Gasteiger partial charge on any atom is 0.237 e. The molecule has 2 aromatic heterocycles. The maximum absolute atomic E-state index is 5.36. The predicted octanol–water partition coefficient (Wildman–Crippen LogP) is 1.98. The Labute approximate surface area is 123 Å². The number of aromatic nitrogens is 2. The highest BCUT2D eigenvalue weighted by Gasteiger charge is 2.27. The fraction of sp³-hybridized carbons (Fsp3) is 0.643. The first-order valence-electron chi connectivity index (χ1n) is 7.26. The number of fused-ring (bicyclic) bond motifs is 1. The highest BCUT2D eigenvalue weighted by molar-refractivity contribution is 7.15. The van der Waals surface area contributed by atoms with E-state index >= 15 is 0 Å². The van der Waals surface area contributed by atoms with Crippen LogP contribution in [0.4, 0.5) is 0 Å². The molecule has 0 spiro atoms. The number of ether oxygens (including phenoxy) is 1. The normalized spacial score (nSPS) is 15.3. The van der Waals surface area contributed by atoms with Gasteiger partial charge in [-0.2, -0.15) is 4.98 Å². The van der Waals surface area contributed by atoms with Crippen LogP contribution in [-0.2, 0) is 6.54 Å². The van der Waals surface area contributed by atoms with Crippen molar-refractivity contribution in [3.05, 3.63) is 17.3 Å². The van der Waals surface area contributed by atoms with E-state index < -0.39 is 0 Å². The highest BCUT2D eigenvalue weighted by atomic mass is 32.1. The third-order valence-electron chi connectivity index (χ3n) is 3.86. The summed E-state index contributed by atoms with van der Waals surface area (Å²) in [6, 6.07) is 0.842. The number of imidazole rings is 1. The highest BCUT2D eigenvalue weighted by Crippen LogP contribution is 2.26. The lowest BCUT2D eigenvalue weighted by atomic mass is 10.4. The lowest BCUT2D eigenvalue weighted by Crippen LogP contribution is -2.33. The van der Waals surface area contributed by atoms with Gasteiger partial charge in [0.05, 0.1) is 7.11 Å². The van der Waals surface area contributed by atoms with Gasteiger partial charge in [0.1, 0.15) is 5.69 Å². The lowest BCUT2D eigenvalue weighted by molar-refractivity contribution is 0.276. The zero-order chi connectivity index (χ0) is 13.9. The van der Waals surface area contributed by atoms with E-state index in [9.17, 15) is 0 Å². The molecular formula is C14H22N4OS. The average molecular weight is 294 g/mol. The van der Waals surface area contributed by atoms with Crippen LogP contribution in [0.5, 0.6) is 5.88 Å². The molecule has 1 aliphatic carbocycles. The van der Waals surface area contributed by atoms with Crippen molar-refractivity contribution < 1.29 is 4.74 Å². The Hall–Kier alpha value is -1.11. The summed E-state index contributed by atoms with van der Waals surface area (Å²) in [5.74, 6) is 0.735. The zero-order valence-corrected chi connectivity index (χ0v) is 12.9. The summed E-state index contributed by atoms with van der Waals surface area (Å²) in [6.07, 6.45) is 4.80. The third-order valence-corrected chi connectivity index (χ3v) is 4.61. The molecular weight excluding hydrogens is 272 g/mol. The summed E-state index contributed by atoms with van der Waals surface area (Å²) >= 11 is 1.63. The topological polar surface area (TPSA) is 41.8 Å². The number of thiazole rings is 1. The molecule has 5 nitrogen and oxygen atoms in total. The van der Waals surface area contributed by atoms with E-state index in [1.165, 1.54) is 12.8 Å². The first-order chi connectivity index (χ1) is 9.83. The summed E-state index contributed by atoms with van der Waals surface area (Å²) < 4.78 is 7.47. The second kappa shape index (κ2) is 6.11. The Balaban J connectivity index is 1.55. The zero-order valence-electron chi connectivity index (χ0n) is 12.1. The van der Waals surface area contributed by atoms with Crippen LogP contribution >= 0.6 is 11.3 Å². The molecule has 1 N–H and O–H groups in total. The van der Waals surface area contributed by atoms with Gasteiger partial charge in [0.25, 0.3) is 0 Å². The van der Waals surface area contributed by atoms with Gasteiger partial charge in [-0.1, -0.05) is 6.92 Å². The van der Waals surface area contributed by atoms with E-state index in [1.807, 2.05) is 0 Å². The van der Waals surface area contributed by atoms with E-state index in [0.717, 1.165) is 48.8 Å². The average Bonchev–Trinajstić information content (AvgIpc) is 3.10. The predicted molar refractivity (Wildman–Crippen MR) is 81.6 cm³/mol. The molecule has 1 fully saturated rings. The smallest absolute Gasteiger partial charge is 0.237 e. The quantitative estimate of drug-likeness (QED) is 0.756. The Kier molecular flexibility index (Phi) is 4.24. The molecule has 0 radical (unpaired) electrons. The van der Waals surface area contributed by atoms with Gasteiger partial charge >= 0.3 is 0 Å². The van der Waals surface area contributed by atoms with Crippen molar-refractivity contribution >= 4 is 16.3 Å². The molecule has 110 valence electrons.